The van der Waals surface area contributed by atoms with Crippen LogP contribution in [0.4, 0.5) is 0 Å². The topological polar surface area (TPSA) is 32.7 Å². The van der Waals surface area contributed by atoms with Crippen LogP contribution in [0.2, 0.25) is 0 Å². The van der Waals surface area contributed by atoms with Crippen molar-refractivity contribution in [2.45, 2.75) is 56.5 Å². The van der Waals surface area contributed by atoms with Crippen LogP contribution in [0.3, 0.4) is 0 Å². The highest BCUT2D eigenvalue weighted by molar-refractivity contribution is 5.56. The molecule has 0 radical (unpaired) electrons. The minimum Gasteiger partial charge on any atom is -0.504 e. The number of phenolic OH excluding ortho intramolecular Hbond substituents is 1. The minimum absolute atomic E-state index is 0.169. The maximum atomic E-state index is 10.4. The zero-order chi connectivity index (χ0) is 15.9. The summed E-state index contributed by atoms with van der Waals surface area (Å²) in [4.78, 5) is 2.77. The summed E-state index contributed by atoms with van der Waals surface area (Å²) in [6, 6.07) is 6.08. The molecule has 1 N–H and O–H groups in total. The number of aromatic hydroxyl groups is 1. The Morgan fingerprint density at radius 2 is 1.96 bits per heavy atom. The molecule has 128 valence electrons. The monoisotopic (exact) mass is 325 g/mol. The summed E-state index contributed by atoms with van der Waals surface area (Å²) in [7, 11) is 0. The molecule has 1 aromatic rings. The Morgan fingerprint density at radius 1 is 1.12 bits per heavy atom. The van der Waals surface area contributed by atoms with Crippen LogP contribution in [0.15, 0.2) is 18.2 Å². The third-order valence-corrected chi connectivity index (χ3v) is 8.13. The molecule has 0 aromatic heterocycles. The van der Waals surface area contributed by atoms with E-state index < -0.39 is 0 Å². The molecule has 2 spiro atoms. The summed E-state index contributed by atoms with van der Waals surface area (Å²) < 4.78 is 6.49. The number of fused-ring (bicyclic) bond motifs is 3. The molecule has 2 bridgehead atoms. The van der Waals surface area contributed by atoms with E-state index in [1.54, 1.807) is 6.07 Å². The van der Waals surface area contributed by atoms with Crippen molar-refractivity contribution in [3.63, 3.8) is 0 Å². The number of rotatable bonds is 2. The van der Waals surface area contributed by atoms with Gasteiger partial charge < -0.3 is 14.7 Å². The van der Waals surface area contributed by atoms with Gasteiger partial charge in [0.1, 0.15) is 6.10 Å². The largest absolute Gasteiger partial charge is 0.504 e. The summed E-state index contributed by atoms with van der Waals surface area (Å²) in [6.45, 7) is 3.78. The number of ether oxygens (including phenoxy) is 1. The van der Waals surface area contributed by atoms with Crippen LogP contribution in [-0.2, 0) is 5.41 Å². The van der Waals surface area contributed by atoms with Crippen molar-refractivity contribution in [1.29, 1.82) is 0 Å². The summed E-state index contributed by atoms with van der Waals surface area (Å²) in [5.74, 6) is 2.83. The first-order chi connectivity index (χ1) is 11.7. The van der Waals surface area contributed by atoms with Crippen molar-refractivity contribution >= 4 is 0 Å². The Morgan fingerprint density at radius 3 is 2.75 bits per heavy atom. The van der Waals surface area contributed by atoms with E-state index in [4.69, 9.17) is 4.74 Å². The molecule has 6 aliphatic rings. The second-order valence-corrected chi connectivity index (χ2v) is 9.21. The van der Waals surface area contributed by atoms with Gasteiger partial charge in [-0.2, -0.15) is 0 Å². The molecule has 4 aliphatic carbocycles. The molecule has 1 saturated heterocycles. The summed E-state index contributed by atoms with van der Waals surface area (Å²) in [5, 5.41) is 10.4. The number of benzene rings is 1. The Labute approximate surface area is 144 Å². The molecule has 24 heavy (non-hydrogen) atoms. The lowest BCUT2D eigenvalue weighted by molar-refractivity contribution is -0.144. The zero-order valence-corrected chi connectivity index (χ0v) is 14.3. The van der Waals surface area contributed by atoms with Crippen LogP contribution in [0, 0.1) is 17.3 Å². The van der Waals surface area contributed by atoms with E-state index in [2.05, 4.69) is 11.0 Å². The van der Waals surface area contributed by atoms with E-state index in [9.17, 15) is 5.11 Å². The Balaban J connectivity index is 1.47. The van der Waals surface area contributed by atoms with Crippen molar-refractivity contribution in [1.82, 2.24) is 4.90 Å². The lowest BCUT2D eigenvalue weighted by Crippen LogP contribution is -2.68. The Hall–Kier alpha value is -1.22. The van der Waals surface area contributed by atoms with Gasteiger partial charge in [0.2, 0.25) is 0 Å². The van der Waals surface area contributed by atoms with Crippen molar-refractivity contribution in [3.05, 3.63) is 23.8 Å². The van der Waals surface area contributed by atoms with E-state index >= 15 is 0 Å². The average Bonchev–Trinajstić information content (AvgIpc) is 3.33. The molecular formula is C21H27NO2. The van der Waals surface area contributed by atoms with Crippen molar-refractivity contribution in [3.8, 4) is 11.5 Å². The van der Waals surface area contributed by atoms with Crippen LogP contribution in [0.5, 0.6) is 11.5 Å². The quantitative estimate of drug-likeness (QED) is 0.900. The standard InChI is InChI=1S/C21H27NO2/c23-17-3-1-2-16-18(17)24-19-15-6-8-20(9-7-15)13-22(12-14-4-5-14)11-10-21(16,19)20/h1-3,14-15,19,23H,4-13H2. The van der Waals surface area contributed by atoms with E-state index in [0.717, 1.165) is 11.7 Å². The van der Waals surface area contributed by atoms with E-state index in [0.29, 0.717) is 23.2 Å². The average molecular weight is 325 g/mol. The maximum Gasteiger partial charge on any atom is 0.165 e. The molecule has 2 aliphatic heterocycles. The number of likely N-dealkylation sites (tertiary alicyclic amines) is 1. The number of phenols is 1. The number of hydrogen-bond acceptors (Lipinski definition) is 3. The summed E-state index contributed by atoms with van der Waals surface area (Å²) in [5.41, 5.74) is 1.88. The van der Waals surface area contributed by atoms with Crippen LogP contribution in [0.1, 0.15) is 50.5 Å². The van der Waals surface area contributed by atoms with Crippen LogP contribution < -0.4 is 4.74 Å². The molecule has 1 aromatic carbocycles. The highest BCUT2D eigenvalue weighted by Crippen LogP contribution is 2.70. The summed E-state index contributed by atoms with van der Waals surface area (Å²) >= 11 is 0. The highest BCUT2D eigenvalue weighted by Gasteiger charge is 2.69. The van der Waals surface area contributed by atoms with Crippen molar-refractivity contribution in [2.24, 2.45) is 17.3 Å². The SMILES string of the molecule is Oc1cccc2c1OC1C3CCC4(CC3)CN(CC3CC3)CCC214. The molecule has 7 rings (SSSR count). The van der Waals surface area contributed by atoms with Gasteiger partial charge in [-0.1, -0.05) is 12.1 Å². The third kappa shape index (κ3) is 1.58. The number of hydrogen-bond donors (Lipinski definition) is 1. The van der Waals surface area contributed by atoms with E-state index in [1.165, 1.54) is 70.1 Å². The molecule has 4 saturated carbocycles. The second kappa shape index (κ2) is 4.49. The van der Waals surface area contributed by atoms with Crippen LogP contribution >= 0.6 is 0 Å². The first-order valence-electron chi connectivity index (χ1n) is 9.93. The van der Waals surface area contributed by atoms with Gasteiger partial charge in [0.15, 0.2) is 11.5 Å². The fourth-order valence-electron chi connectivity index (χ4n) is 6.91. The molecule has 2 unspecified atom stereocenters. The normalized spacial score (nSPS) is 43.0. The van der Waals surface area contributed by atoms with Gasteiger partial charge in [-0.15, -0.1) is 0 Å². The fourth-order valence-corrected chi connectivity index (χ4v) is 6.91. The fraction of sp³-hybridized carbons (Fsp3) is 0.714. The van der Waals surface area contributed by atoms with Gasteiger partial charge in [-0.05, 0) is 74.8 Å². The number of para-hydroxylation sites is 1. The molecule has 3 heteroatoms. The van der Waals surface area contributed by atoms with Crippen LogP contribution in [-0.4, -0.2) is 35.7 Å². The molecular weight excluding hydrogens is 298 g/mol. The zero-order valence-electron chi connectivity index (χ0n) is 14.3. The van der Waals surface area contributed by atoms with Gasteiger partial charge in [0.05, 0.1) is 0 Å². The predicted molar refractivity (Wildman–Crippen MR) is 92.4 cm³/mol. The van der Waals surface area contributed by atoms with E-state index in [1.807, 2.05) is 6.07 Å². The van der Waals surface area contributed by atoms with Gasteiger partial charge in [0.25, 0.3) is 0 Å². The molecule has 5 fully saturated rings. The van der Waals surface area contributed by atoms with Crippen molar-refractivity contribution in [2.75, 3.05) is 19.6 Å². The first kappa shape index (κ1) is 14.0. The highest BCUT2D eigenvalue weighted by atomic mass is 16.5. The van der Waals surface area contributed by atoms with Gasteiger partial charge >= 0.3 is 0 Å². The molecule has 2 heterocycles. The molecule has 0 amide bonds. The van der Waals surface area contributed by atoms with Gasteiger partial charge in [0, 0.05) is 24.1 Å². The van der Waals surface area contributed by atoms with Gasteiger partial charge in [-0.3, -0.25) is 0 Å². The molecule has 3 nitrogen and oxygen atoms in total. The Bertz CT molecular complexity index is 689. The number of piperidine rings is 1. The lowest BCUT2D eigenvalue weighted by atomic mass is 9.42. The van der Waals surface area contributed by atoms with E-state index in [-0.39, 0.29) is 5.41 Å². The smallest absolute Gasteiger partial charge is 0.165 e. The first-order valence-corrected chi connectivity index (χ1v) is 9.93. The third-order valence-electron chi connectivity index (χ3n) is 8.13. The lowest BCUT2D eigenvalue weighted by Gasteiger charge is -2.65. The molecule has 2 atom stereocenters. The predicted octanol–water partition coefficient (Wildman–Crippen LogP) is 3.70. The summed E-state index contributed by atoms with van der Waals surface area (Å²) in [6.07, 6.45) is 9.76. The van der Waals surface area contributed by atoms with Crippen LogP contribution in [0.25, 0.3) is 0 Å². The van der Waals surface area contributed by atoms with Crippen molar-refractivity contribution < 1.29 is 9.84 Å². The minimum atomic E-state index is 0.169. The number of nitrogens with zero attached hydrogens (tertiary/aromatic N) is 1. The Kier molecular flexibility index (Phi) is 2.62. The second-order valence-electron chi connectivity index (χ2n) is 9.21. The maximum absolute atomic E-state index is 10.4. The van der Waals surface area contributed by atoms with Gasteiger partial charge in [-0.25, -0.2) is 0 Å².